The van der Waals surface area contributed by atoms with E-state index in [1.54, 1.807) is 12.1 Å². The van der Waals surface area contributed by atoms with Gasteiger partial charge in [-0.3, -0.25) is 4.79 Å². The normalized spacial score (nSPS) is 28.3. The number of aromatic hydroxyl groups is 4. The number of aliphatic hydroxyl groups excluding tert-OH is 5. The van der Waals surface area contributed by atoms with E-state index in [-0.39, 0.29) is 34.2 Å². The van der Waals surface area contributed by atoms with E-state index in [9.17, 15) is 55.5 Å². The highest BCUT2D eigenvalue weighted by Gasteiger charge is 2.49. The first kappa shape index (κ1) is 39.3. The zero-order valence-electron chi connectivity index (χ0n) is 29.0. The Morgan fingerprint density at radius 1 is 0.800 bits per heavy atom. The van der Waals surface area contributed by atoms with Crippen molar-refractivity contribution >= 4 is 23.0 Å². The Bertz CT molecular complexity index is 2100. The van der Waals surface area contributed by atoms with Crippen molar-refractivity contribution in [3.63, 3.8) is 0 Å². The molecule has 9 N–H and O–H groups in total. The molecule has 1 aromatic heterocycles. The Labute approximate surface area is 310 Å². The molecule has 4 aromatic rings. The third-order valence-electron chi connectivity index (χ3n) is 9.02. The molecule has 55 heavy (non-hydrogen) atoms. The van der Waals surface area contributed by atoms with Gasteiger partial charge < -0.3 is 78.8 Å². The molecule has 18 heteroatoms. The minimum Gasteiger partial charge on any atom is -0.508 e. The van der Waals surface area contributed by atoms with Crippen LogP contribution in [0, 0.1) is 0 Å². The van der Waals surface area contributed by atoms with Crippen molar-refractivity contribution in [2.24, 2.45) is 0 Å². The summed E-state index contributed by atoms with van der Waals surface area (Å²) in [6.07, 6.45) is -14.2. The summed E-state index contributed by atoms with van der Waals surface area (Å²) in [7, 11) is 1.27. The van der Waals surface area contributed by atoms with Crippen molar-refractivity contribution in [3.8, 4) is 45.8 Å². The summed E-state index contributed by atoms with van der Waals surface area (Å²) in [4.78, 5) is 26.3. The van der Waals surface area contributed by atoms with E-state index in [0.29, 0.717) is 5.56 Å². The number of rotatable bonds is 10. The fourth-order valence-electron chi connectivity index (χ4n) is 6.07. The second kappa shape index (κ2) is 16.1. The molecule has 2 fully saturated rings. The van der Waals surface area contributed by atoms with Crippen molar-refractivity contribution in [3.05, 3.63) is 76.5 Å². The molecular formula is C37H38O18. The lowest BCUT2D eigenvalue weighted by molar-refractivity contribution is -0.319. The Hall–Kier alpha value is -5.44. The lowest BCUT2D eigenvalue weighted by atomic mass is 9.98. The molecule has 0 saturated carbocycles. The van der Waals surface area contributed by atoms with Crippen molar-refractivity contribution < 1.29 is 83.6 Å². The first-order chi connectivity index (χ1) is 26.2. The molecule has 2 saturated heterocycles. The van der Waals surface area contributed by atoms with Crippen LogP contribution in [0.1, 0.15) is 12.5 Å². The zero-order valence-corrected chi connectivity index (χ0v) is 29.0. The molecule has 0 radical (unpaired) electrons. The number of carbonyl (C=O) groups is 1. The van der Waals surface area contributed by atoms with Crippen LogP contribution >= 0.6 is 0 Å². The molecule has 18 nitrogen and oxygen atoms in total. The van der Waals surface area contributed by atoms with Crippen molar-refractivity contribution in [1.82, 2.24) is 0 Å². The van der Waals surface area contributed by atoms with Crippen LogP contribution < -0.4 is 14.9 Å². The van der Waals surface area contributed by atoms with E-state index >= 15 is 0 Å². The monoisotopic (exact) mass is 770 g/mol. The minimum absolute atomic E-state index is 0.0341. The van der Waals surface area contributed by atoms with Gasteiger partial charge in [0.2, 0.25) is 17.5 Å². The summed E-state index contributed by atoms with van der Waals surface area (Å²) < 4.78 is 39.2. The van der Waals surface area contributed by atoms with Crippen LogP contribution in [-0.2, 0) is 23.7 Å². The lowest BCUT2D eigenvalue weighted by Crippen LogP contribution is -2.62. The van der Waals surface area contributed by atoms with Gasteiger partial charge in [-0.25, -0.2) is 4.79 Å². The highest BCUT2D eigenvalue weighted by atomic mass is 16.7. The van der Waals surface area contributed by atoms with E-state index in [2.05, 4.69) is 0 Å². The van der Waals surface area contributed by atoms with E-state index in [1.165, 1.54) is 50.4 Å². The molecule has 10 atom stereocenters. The smallest absolute Gasteiger partial charge is 0.331 e. The number of carbonyl (C=O) groups excluding carboxylic acids is 1. The van der Waals surface area contributed by atoms with Gasteiger partial charge in [0.1, 0.15) is 64.8 Å². The number of aliphatic hydroxyl groups is 5. The highest BCUT2D eigenvalue weighted by molar-refractivity contribution is 5.88. The maximum Gasteiger partial charge on any atom is 0.331 e. The fourth-order valence-corrected chi connectivity index (χ4v) is 6.07. The Balaban J connectivity index is 1.18. The summed E-state index contributed by atoms with van der Waals surface area (Å²) in [5.74, 6) is -3.23. The van der Waals surface area contributed by atoms with E-state index in [1.807, 2.05) is 0 Å². The van der Waals surface area contributed by atoms with E-state index in [4.69, 9.17) is 32.8 Å². The Kier molecular flexibility index (Phi) is 11.5. The van der Waals surface area contributed by atoms with Gasteiger partial charge in [-0.15, -0.1) is 0 Å². The number of phenolic OH excluding ortho intramolecular Hbond substituents is 4. The average Bonchev–Trinajstić information content (AvgIpc) is 3.15. The average molecular weight is 771 g/mol. The van der Waals surface area contributed by atoms with E-state index < -0.39 is 102 Å². The number of ether oxygens (including phenoxy) is 6. The summed E-state index contributed by atoms with van der Waals surface area (Å²) in [6.45, 7) is 0.790. The second-order valence-electron chi connectivity index (χ2n) is 12.8. The van der Waals surface area contributed by atoms with Gasteiger partial charge in [0.05, 0.1) is 19.8 Å². The quantitative estimate of drug-likeness (QED) is 0.0788. The Morgan fingerprint density at radius 3 is 2.22 bits per heavy atom. The van der Waals surface area contributed by atoms with Gasteiger partial charge in [-0.1, -0.05) is 12.1 Å². The van der Waals surface area contributed by atoms with Crippen LogP contribution in [-0.4, -0.2) is 127 Å². The number of methoxy groups -OCH3 is 1. The minimum atomic E-state index is -1.99. The third-order valence-corrected chi connectivity index (χ3v) is 9.02. The molecule has 6 rings (SSSR count). The number of phenols is 4. The van der Waals surface area contributed by atoms with Crippen LogP contribution in [0.25, 0.3) is 28.4 Å². The first-order valence-electron chi connectivity index (χ1n) is 16.7. The zero-order chi connectivity index (χ0) is 39.7. The summed E-state index contributed by atoms with van der Waals surface area (Å²) >= 11 is 0. The van der Waals surface area contributed by atoms with Gasteiger partial charge in [-0.2, -0.15) is 0 Å². The molecule has 294 valence electrons. The van der Waals surface area contributed by atoms with Gasteiger partial charge in [0.25, 0.3) is 0 Å². The molecule has 3 aromatic carbocycles. The predicted molar refractivity (Wildman–Crippen MR) is 186 cm³/mol. The van der Waals surface area contributed by atoms with Gasteiger partial charge >= 0.3 is 5.97 Å². The number of esters is 1. The predicted octanol–water partition coefficient (Wildman–Crippen LogP) is 0.586. The third kappa shape index (κ3) is 8.16. The first-order valence-corrected chi connectivity index (χ1v) is 16.7. The van der Waals surface area contributed by atoms with Crippen molar-refractivity contribution in [2.45, 2.75) is 68.3 Å². The topological polar surface area (TPSA) is 285 Å². The van der Waals surface area contributed by atoms with Gasteiger partial charge in [-0.05, 0) is 48.9 Å². The summed E-state index contributed by atoms with van der Waals surface area (Å²) in [5, 5.41) is 93.7. The second-order valence-corrected chi connectivity index (χ2v) is 12.8. The highest BCUT2D eigenvalue weighted by Crippen LogP contribution is 2.40. The standard InChI is InChI=1S/C37H38O18/c1-15-33(54-25(42)10-5-16-3-7-18(38)8-4-16)30(46)32(48)36(51-15)50-14-24-27(43)29(45)31(47)37(53-24)55-35-28(44)26-21(41)12-19(39)13-23(26)52-34(35)17-6-9-20(40)22(11-17)49-2/h3-13,15,24,27,29-33,36-41,43,45-48H,14H2,1-2H3/b10-5+/t15-,24+,27-,29-,30-,31+,32+,33-,36+,37-/m0/s1. The van der Waals surface area contributed by atoms with Crippen LogP contribution in [0.2, 0.25) is 0 Å². The van der Waals surface area contributed by atoms with Gasteiger partial charge in [0.15, 0.2) is 29.7 Å². The maximum atomic E-state index is 13.8. The van der Waals surface area contributed by atoms with Crippen molar-refractivity contribution in [2.75, 3.05) is 13.7 Å². The number of fused-ring (bicyclic) bond motifs is 1. The molecule has 0 unspecified atom stereocenters. The SMILES string of the molecule is COc1cc(-c2oc3cc(O)cc(O)c3c(=O)c2O[C@@H]2O[C@H](CO[C@@H]3O[C@@H](C)[C@H](OC(=O)/C=C/c4ccc(O)cc4)[C@@H](O)[C@H]3O)[C@H](O)[C@H](O)[C@H]2O)ccc1O. The Morgan fingerprint density at radius 2 is 1.51 bits per heavy atom. The molecule has 2 aliphatic rings. The lowest BCUT2D eigenvalue weighted by Gasteiger charge is -2.43. The van der Waals surface area contributed by atoms with Gasteiger partial charge in [0, 0.05) is 23.8 Å². The maximum absolute atomic E-state index is 13.8. The van der Waals surface area contributed by atoms with Crippen LogP contribution in [0.5, 0.6) is 34.5 Å². The largest absolute Gasteiger partial charge is 0.508 e. The molecule has 0 bridgehead atoms. The number of hydrogen-bond acceptors (Lipinski definition) is 18. The molecule has 0 spiro atoms. The summed E-state index contributed by atoms with van der Waals surface area (Å²) in [6, 6.07) is 11.7. The van der Waals surface area contributed by atoms with Crippen LogP contribution in [0.4, 0.5) is 0 Å². The fraction of sp³-hybridized carbons (Fsp3) is 0.351. The van der Waals surface area contributed by atoms with Crippen LogP contribution in [0.3, 0.4) is 0 Å². The number of hydrogen-bond donors (Lipinski definition) is 9. The van der Waals surface area contributed by atoms with Crippen molar-refractivity contribution in [1.29, 1.82) is 0 Å². The molecule has 0 aliphatic carbocycles. The van der Waals surface area contributed by atoms with Crippen LogP contribution in [0.15, 0.2) is 69.9 Å². The molecular weight excluding hydrogens is 732 g/mol. The summed E-state index contributed by atoms with van der Waals surface area (Å²) in [5.41, 5.74) is -0.606. The molecule has 2 aliphatic heterocycles. The van der Waals surface area contributed by atoms with E-state index in [0.717, 1.165) is 18.2 Å². The molecule has 3 heterocycles. The molecule has 0 amide bonds. The number of benzene rings is 3.